The van der Waals surface area contributed by atoms with Gasteiger partial charge in [-0.15, -0.1) is 0 Å². The number of aliphatic hydroxyl groups is 3. The highest BCUT2D eigenvalue weighted by Crippen LogP contribution is 2.17. The van der Waals surface area contributed by atoms with E-state index in [1.807, 2.05) is 0 Å². The summed E-state index contributed by atoms with van der Waals surface area (Å²) in [5, 5.41) is 37.0. The molecule has 0 aromatic rings. The SMILES string of the molecule is C[P+](=O)CC[C@@H](O)[C@@H](O)[C@@H](O)CN(O)C=O. The third kappa shape index (κ3) is 6.09. The molecule has 8 heteroatoms. The van der Waals surface area contributed by atoms with Crippen LogP contribution in [0.3, 0.4) is 0 Å². The van der Waals surface area contributed by atoms with Gasteiger partial charge in [0.15, 0.2) is 0 Å². The lowest BCUT2D eigenvalue weighted by Crippen LogP contribution is -2.43. The van der Waals surface area contributed by atoms with Crippen molar-refractivity contribution in [3.05, 3.63) is 0 Å². The van der Waals surface area contributed by atoms with Crippen molar-refractivity contribution in [3.8, 4) is 0 Å². The molecule has 0 aliphatic rings. The monoisotopic (exact) mass is 254 g/mol. The minimum absolute atomic E-state index is 0.0747. The Morgan fingerprint density at radius 3 is 2.31 bits per heavy atom. The molecule has 0 saturated heterocycles. The molecule has 0 aliphatic heterocycles. The van der Waals surface area contributed by atoms with Gasteiger partial charge in [0.1, 0.15) is 25.0 Å². The van der Waals surface area contributed by atoms with Crippen LogP contribution in [0.15, 0.2) is 0 Å². The minimum Gasteiger partial charge on any atom is -0.390 e. The molecular formula is C8H17NO6P+. The van der Waals surface area contributed by atoms with E-state index in [1.165, 1.54) is 6.66 Å². The molecule has 0 rings (SSSR count). The second-order valence-electron chi connectivity index (χ2n) is 3.49. The maximum Gasteiger partial charge on any atom is 0.335 e. The molecule has 0 fully saturated rings. The van der Waals surface area contributed by atoms with E-state index in [9.17, 15) is 24.7 Å². The van der Waals surface area contributed by atoms with Gasteiger partial charge in [0.05, 0.1) is 12.6 Å². The Hall–Kier alpha value is -0.590. The van der Waals surface area contributed by atoms with E-state index in [2.05, 4.69) is 0 Å². The van der Waals surface area contributed by atoms with Crippen LogP contribution in [-0.4, -0.2) is 69.7 Å². The van der Waals surface area contributed by atoms with E-state index >= 15 is 0 Å². The van der Waals surface area contributed by atoms with Gasteiger partial charge in [-0.05, 0) is 0 Å². The largest absolute Gasteiger partial charge is 0.390 e. The Kier molecular flexibility index (Phi) is 7.36. The van der Waals surface area contributed by atoms with Crippen LogP contribution in [0, 0.1) is 0 Å². The van der Waals surface area contributed by atoms with Crippen LogP contribution in [0.25, 0.3) is 0 Å². The maximum absolute atomic E-state index is 10.8. The van der Waals surface area contributed by atoms with Gasteiger partial charge in [-0.2, -0.15) is 0 Å². The summed E-state index contributed by atoms with van der Waals surface area (Å²) in [7, 11) is -1.42. The Labute approximate surface area is 94.1 Å². The van der Waals surface area contributed by atoms with E-state index in [-0.39, 0.29) is 24.1 Å². The van der Waals surface area contributed by atoms with Gasteiger partial charge in [-0.3, -0.25) is 10.0 Å². The summed E-state index contributed by atoms with van der Waals surface area (Å²) >= 11 is 0. The standard InChI is InChI=1S/C8H17NO6P/c1-16(15)3-2-6(11)8(13)7(12)4-9(14)5-10/h5-8,11-14H,2-4H2,1H3/q+1/t6-,7+,8-/m1/s1. The van der Waals surface area contributed by atoms with Crippen LogP contribution in [0.5, 0.6) is 0 Å². The number of rotatable bonds is 8. The predicted molar refractivity (Wildman–Crippen MR) is 55.6 cm³/mol. The van der Waals surface area contributed by atoms with Crippen molar-refractivity contribution in [2.75, 3.05) is 19.4 Å². The number of hydrogen-bond acceptors (Lipinski definition) is 6. The smallest absolute Gasteiger partial charge is 0.335 e. The Morgan fingerprint density at radius 1 is 1.31 bits per heavy atom. The molecule has 1 amide bonds. The van der Waals surface area contributed by atoms with E-state index in [4.69, 9.17) is 5.21 Å². The van der Waals surface area contributed by atoms with E-state index in [0.29, 0.717) is 0 Å². The van der Waals surface area contributed by atoms with Crippen molar-refractivity contribution in [1.29, 1.82) is 0 Å². The summed E-state index contributed by atoms with van der Waals surface area (Å²) in [4.78, 5) is 10.0. The second kappa shape index (κ2) is 7.65. The first-order valence-electron chi connectivity index (χ1n) is 4.71. The molecule has 4 N–H and O–H groups in total. The fraction of sp³-hybridized carbons (Fsp3) is 0.875. The molecule has 7 nitrogen and oxygen atoms in total. The molecule has 94 valence electrons. The lowest BCUT2D eigenvalue weighted by molar-refractivity contribution is -0.163. The number of carbonyl (C=O) groups is 1. The molecule has 0 bridgehead atoms. The first kappa shape index (κ1) is 15.4. The number of amides is 1. The van der Waals surface area contributed by atoms with Crippen molar-refractivity contribution >= 4 is 14.2 Å². The molecule has 0 heterocycles. The van der Waals surface area contributed by atoms with Crippen molar-refractivity contribution < 1.29 is 29.9 Å². The highest BCUT2D eigenvalue weighted by molar-refractivity contribution is 7.43. The van der Waals surface area contributed by atoms with Gasteiger partial charge in [0, 0.05) is 6.42 Å². The third-order valence-electron chi connectivity index (χ3n) is 2.02. The van der Waals surface area contributed by atoms with Crippen molar-refractivity contribution in [2.24, 2.45) is 0 Å². The van der Waals surface area contributed by atoms with Crippen LogP contribution in [0.4, 0.5) is 0 Å². The molecule has 0 saturated carbocycles. The van der Waals surface area contributed by atoms with Gasteiger partial charge in [0.25, 0.3) is 0 Å². The summed E-state index contributed by atoms with van der Waals surface area (Å²) in [6.45, 7) is 0.993. The number of nitrogens with zero attached hydrogens (tertiary/aromatic N) is 1. The maximum atomic E-state index is 10.8. The molecule has 0 aliphatic carbocycles. The number of hydrogen-bond donors (Lipinski definition) is 4. The fourth-order valence-electron chi connectivity index (χ4n) is 1.08. The van der Waals surface area contributed by atoms with Gasteiger partial charge in [-0.25, -0.2) is 5.06 Å². The molecule has 0 spiro atoms. The molecule has 0 aromatic heterocycles. The Morgan fingerprint density at radius 2 is 1.88 bits per heavy atom. The van der Waals surface area contributed by atoms with Crippen molar-refractivity contribution in [3.63, 3.8) is 0 Å². The average molecular weight is 254 g/mol. The molecule has 16 heavy (non-hydrogen) atoms. The average Bonchev–Trinajstić information content (AvgIpc) is 2.24. The van der Waals surface area contributed by atoms with Crippen LogP contribution >= 0.6 is 7.80 Å². The Balaban J connectivity index is 4.04. The first-order valence-corrected chi connectivity index (χ1v) is 6.61. The summed E-state index contributed by atoms with van der Waals surface area (Å²) in [6.07, 6.45) is -3.81. The third-order valence-corrected chi connectivity index (χ3v) is 2.91. The van der Waals surface area contributed by atoms with Gasteiger partial charge < -0.3 is 15.3 Å². The number of carbonyl (C=O) groups excluding carboxylic acids is 1. The molecule has 0 aromatic carbocycles. The quantitative estimate of drug-likeness (QED) is 0.186. The molecule has 1 unspecified atom stereocenters. The number of aliphatic hydroxyl groups excluding tert-OH is 3. The van der Waals surface area contributed by atoms with Crippen molar-refractivity contribution in [1.82, 2.24) is 5.06 Å². The summed E-state index contributed by atoms with van der Waals surface area (Å²) in [5.41, 5.74) is 0. The zero-order valence-electron chi connectivity index (χ0n) is 8.93. The van der Waals surface area contributed by atoms with Gasteiger partial charge >= 0.3 is 7.80 Å². The highest BCUT2D eigenvalue weighted by Gasteiger charge is 2.27. The second-order valence-corrected chi connectivity index (χ2v) is 5.20. The molecule has 4 atom stereocenters. The zero-order chi connectivity index (χ0) is 12.7. The van der Waals surface area contributed by atoms with Crippen molar-refractivity contribution in [2.45, 2.75) is 24.7 Å². The topological polar surface area (TPSA) is 118 Å². The lowest BCUT2D eigenvalue weighted by Gasteiger charge is -2.23. The van der Waals surface area contributed by atoms with E-state index in [1.54, 1.807) is 0 Å². The Bertz CT molecular complexity index is 239. The van der Waals surface area contributed by atoms with Crippen LogP contribution in [-0.2, 0) is 9.36 Å². The van der Waals surface area contributed by atoms with E-state index in [0.717, 1.165) is 0 Å². The lowest BCUT2D eigenvalue weighted by atomic mass is 10.1. The molecule has 0 radical (unpaired) electrons. The zero-order valence-corrected chi connectivity index (χ0v) is 9.82. The predicted octanol–water partition coefficient (Wildman–Crippen LogP) is -1.24. The highest BCUT2D eigenvalue weighted by atomic mass is 31.1. The number of hydroxylamine groups is 2. The van der Waals surface area contributed by atoms with Gasteiger partial charge in [0.2, 0.25) is 6.41 Å². The fourth-order valence-corrected chi connectivity index (χ4v) is 1.71. The first-order chi connectivity index (χ1) is 7.38. The van der Waals surface area contributed by atoms with Crippen LogP contribution in [0.2, 0.25) is 0 Å². The summed E-state index contributed by atoms with van der Waals surface area (Å²) in [5.74, 6) is 0. The van der Waals surface area contributed by atoms with E-state index < -0.39 is 32.7 Å². The summed E-state index contributed by atoms with van der Waals surface area (Å²) < 4.78 is 10.8. The van der Waals surface area contributed by atoms with Crippen LogP contribution in [0.1, 0.15) is 6.42 Å². The minimum atomic E-state index is -1.50. The van der Waals surface area contributed by atoms with Gasteiger partial charge in [-0.1, -0.05) is 4.57 Å². The summed E-state index contributed by atoms with van der Waals surface area (Å²) in [6, 6.07) is 0. The molecular weight excluding hydrogens is 237 g/mol. The van der Waals surface area contributed by atoms with Crippen LogP contribution < -0.4 is 0 Å². The normalized spacial score (nSPS) is 17.4.